The van der Waals surface area contributed by atoms with E-state index in [1.54, 1.807) is 0 Å². The quantitative estimate of drug-likeness (QED) is 0.869. The third kappa shape index (κ3) is 2.42. The SMILES string of the molecule is CN(CN1C(=O)NC2(CCCCC2)C1=O)[C@@H]1CCc2ccccc21. The van der Waals surface area contributed by atoms with E-state index < -0.39 is 5.54 Å². The van der Waals surface area contributed by atoms with Crippen molar-refractivity contribution in [3.05, 3.63) is 35.4 Å². The number of fused-ring (bicyclic) bond motifs is 1. The van der Waals surface area contributed by atoms with Gasteiger partial charge in [0.25, 0.3) is 5.91 Å². The van der Waals surface area contributed by atoms with Crippen molar-refractivity contribution < 1.29 is 9.59 Å². The van der Waals surface area contributed by atoms with Gasteiger partial charge in [-0.25, -0.2) is 9.69 Å². The van der Waals surface area contributed by atoms with Crippen LogP contribution < -0.4 is 5.32 Å². The molecule has 1 saturated heterocycles. The summed E-state index contributed by atoms with van der Waals surface area (Å²) in [6, 6.07) is 8.54. The molecule has 1 aromatic rings. The second-order valence-electron chi connectivity index (χ2n) is 7.46. The number of benzene rings is 1. The number of amides is 3. The van der Waals surface area contributed by atoms with Crippen LogP contribution in [0.15, 0.2) is 24.3 Å². The lowest BCUT2D eigenvalue weighted by molar-refractivity contribution is -0.134. The zero-order valence-corrected chi connectivity index (χ0v) is 14.3. The number of imide groups is 1. The van der Waals surface area contributed by atoms with Crippen LogP contribution in [0.2, 0.25) is 0 Å². The number of hydrogen-bond acceptors (Lipinski definition) is 3. The molecular weight excluding hydrogens is 302 g/mol. The van der Waals surface area contributed by atoms with Gasteiger partial charge in [-0.05, 0) is 43.9 Å². The van der Waals surface area contributed by atoms with Crippen molar-refractivity contribution >= 4 is 11.9 Å². The van der Waals surface area contributed by atoms with Gasteiger partial charge in [0.2, 0.25) is 0 Å². The molecule has 5 nitrogen and oxygen atoms in total. The normalized spacial score (nSPS) is 25.4. The third-order valence-corrected chi connectivity index (χ3v) is 5.95. The molecule has 4 rings (SSSR count). The highest BCUT2D eigenvalue weighted by Gasteiger charge is 2.51. The van der Waals surface area contributed by atoms with E-state index in [2.05, 4.69) is 34.5 Å². The van der Waals surface area contributed by atoms with Crippen molar-refractivity contribution in [3.8, 4) is 0 Å². The lowest BCUT2D eigenvalue weighted by Crippen LogP contribution is -2.49. The second-order valence-corrected chi connectivity index (χ2v) is 7.46. The van der Waals surface area contributed by atoms with Gasteiger partial charge in [0.05, 0.1) is 6.67 Å². The first kappa shape index (κ1) is 15.6. The molecule has 0 radical (unpaired) electrons. The molecule has 24 heavy (non-hydrogen) atoms. The van der Waals surface area contributed by atoms with E-state index in [9.17, 15) is 9.59 Å². The summed E-state index contributed by atoms with van der Waals surface area (Å²) >= 11 is 0. The number of hydrogen-bond donors (Lipinski definition) is 1. The first-order chi connectivity index (χ1) is 11.6. The molecule has 2 aliphatic carbocycles. The predicted molar refractivity (Wildman–Crippen MR) is 91.3 cm³/mol. The average Bonchev–Trinajstić information content (AvgIpc) is 3.11. The van der Waals surface area contributed by atoms with Crippen LogP contribution in [0.5, 0.6) is 0 Å². The molecule has 1 saturated carbocycles. The Kier molecular flexibility index (Phi) is 3.83. The van der Waals surface area contributed by atoms with E-state index in [0.717, 1.165) is 44.9 Å². The highest BCUT2D eigenvalue weighted by atomic mass is 16.2. The Hall–Kier alpha value is -1.88. The fraction of sp³-hybridized carbons (Fsp3) is 0.579. The highest BCUT2D eigenvalue weighted by Crippen LogP contribution is 2.37. The Morgan fingerprint density at radius 2 is 1.96 bits per heavy atom. The van der Waals surface area contributed by atoms with Crippen LogP contribution in [0.3, 0.4) is 0 Å². The average molecular weight is 327 g/mol. The fourth-order valence-corrected chi connectivity index (χ4v) is 4.61. The molecule has 0 aromatic heterocycles. The molecular formula is C19H25N3O2. The highest BCUT2D eigenvalue weighted by molar-refractivity contribution is 6.07. The number of urea groups is 1. The number of rotatable bonds is 3. The largest absolute Gasteiger partial charge is 0.326 e. The zero-order valence-electron chi connectivity index (χ0n) is 14.3. The monoisotopic (exact) mass is 327 g/mol. The molecule has 128 valence electrons. The molecule has 3 amide bonds. The molecule has 1 heterocycles. The number of nitrogens with one attached hydrogen (secondary N) is 1. The van der Waals surface area contributed by atoms with Crippen molar-refractivity contribution in [2.75, 3.05) is 13.7 Å². The summed E-state index contributed by atoms with van der Waals surface area (Å²) in [7, 11) is 2.01. The van der Waals surface area contributed by atoms with Gasteiger partial charge in [0, 0.05) is 6.04 Å². The second kappa shape index (κ2) is 5.88. The predicted octanol–water partition coefficient (Wildman–Crippen LogP) is 2.82. The number of nitrogens with zero attached hydrogens (tertiary/aromatic N) is 2. The zero-order chi connectivity index (χ0) is 16.7. The standard InChI is InChI=1S/C19H25N3O2/c1-21(16-10-9-14-7-3-4-8-15(14)16)13-22-17(23)19(20-18(22)24)11-5-2-6-12-19/h3-4,7-8,16H,2,5-6,9-13H2,1H3,(H,20,24)/t16-/m1/s1. The number of carbonyl (C=O) groups is 2. The summed E-state index contributed by atoms with van der Waals surface area (Å²) in [4.78, 5) is 28.9. The van der Waals surface area contributed by atoms with Crippen molar-refractivity contribution in [2.24, 2.45) is 0 Å². The molecule has 1 atom stereocenters. The minimum absolute atomic E-state index is 0.0228. The Balaban J connectivity index is 1.49. The van der Waals surface area contributed by atoms with Crippen molar-refractivity contribution in [1.82, 2.24) is 15.1 Å². The fourth-order valence-electron chi connectivity index (χ4n) is 4.61. The molecule has 5 heteroatoms. The molecule has 0 unspecified atom stereocenters. The van der Waals surface area contributed by atoms with E-state index in [1.807, 2.05) is 7.05 Å². The topological polar surface area (TPSA) is 52.6 Å². The lowest BCUT2D eigenvalue weighted by atomic mass is 9.82. The van der Waals surface area contributed by atoms with Crippen LogP contribution in [0.4, 0.5) is 4.79 Å². The smallest absolute Gasteiger partial charge is 0.323 e. The minimum Gasteiger partial charge on any atom is -0.323 e. The van der Waals surface area contributed by atoms with Gasteiger partial charge in [0.1, 0.15) is 5.54 Å². The number of carbonyl (C=O) groups excluding carboxylic acids is 2. The Labute approximate surface area is 143 Å². The van der Waals surface area contributed by atoms with Crippen LogP contribution in [0, 0.1) is 0 Å². The van der Waals surface area contributed by atoms with Crippen LogP contribution in [0.1, 0.15) is 55.7 Å². The molecule has 1 N–H and O–H groups in total. The van der Waals surface area contributed by atoms with Gasteiger partial charge < -0.3 is 5.32 Å². The van der Waals surface area contributed by atoms with Gasteiger partial charge in [0.15, 0.2) is 0 Å². The van der Waals surface area contributed by atoms with Gasteiger partial charge in [-0.2, -0.15) is 0 Å². The van der Waals surface area contributed by atoms with Crippen LogP contribution in [-0.4, -0.2) is 41.0 Å². The Morgan fingerprint density at radius 3 is 2.75 bits per heavy atom. The van der Waals surface area contributed by atoms with Gasteiger partial charge >= 0.3 is 6.03 Å². The molecule has 1 aliphatic heterocycles. The lowest BCUT2D eigenvalue weighted by Gasteiger charge is -2.32. The van der Waals surface area contributed by atoms with Crippen molar-refractivity contribution in [3.63, 3.8) is 0 Å². The summed E-state index contributed by atoms with van der Waals surface area (Å²) in [6.45, 7) is 0.366. The molecule has 2 fully saturated rings. The van der Waals surface area contributed by atoms with E-state index >= 15 is 0 Å². The van der Waals surface area contributed by atoms with Crippen LogP contribution in [0.25, 0.3) is 0 Å². The van der Waals surface area contributed by atoms with Gasteiger partial charge in [-0.3, -0.25) is 9.69 Å². The maximum atomic E-state index is 12.9. The summed E-state index contributed by atoms with van der Waals surface area (Å²) in [5.41, 5.74) is 2.10. The molecule has 1 aromatic carbocycles. The van der Waals surface area contributed by atoms with E-state index in [-0.39, 0.29) is 18.0 Å². The summed E-state index contributed by atoms with van der Waals surface area (Å²) in [5, 5.41) is 2.99. The summed E-state index contributed by atoms with van der Waals surface area (Å²) < 4.78 is 0. The molecule has 0 bridgehead atoms. The summed E-state index contributed by atoms with van der Waals surface area (Å²) in [5.74, 6) is -0.0228. The summed E-state index contributed by atoms with van der Waals surface area (Å²) in [6.07, 6.45) is 6.87. The van der Waals surface area contributed by atoms with Gasteiger partial charge in [-0.1, -0.05) is 43.5 Å². The molecule has 1 spiro atoms. The van der Waals surface area contributed by atoms with Crippen LogP contribution >= 0.6 is 0 Å². The van der Waals surface area contributed by atoms with Crippen LogP contribution in [-0.2, 0) is 11.2 Å². The molecule has 3 aliphatic rings. The maximum Gasteiger partial charge on any atom is 0.326 e. The van der Waals surface area contributed by atoms with Crippen molar-refractivity contribution in [2.45, 2.75) is 56.5 Å². The maximum absolute atomic E-state index is 12.9. The van der Waals surface area contributed by atoms with E-state index in [0.29, 0.717) is 6.67 Å². The first-order valence-corrected chi connectivity index (χ1v) is 9.03. The third-order valence-electron chi connectivity index (χ3n) is 5.95. The minimum atomic E-state index is -0.621. The Morgan fingerprint density at radius 1 is 1.21 bits per heavy atom. The first-order valence-electron chi connectivity index (χ1n) is 9.03. The number of aryl methyl sites for hydroxylation is 1. The van der Waals surface area contributed by atoms with E-state index in [1.165, 1.54) is 16.0 Å². The van der Waals surface area contributed by atoms with Gasteiger partial charge in [-0.15, -0.1) is 0 Å². The van der Waals surface area contributed by atoms with Crippen molar-refractivity contribution in [1.29, 1.82) is 0 Å². The van der Waals surface area contributed by atoms with E-state index in [4.69, 9.17) is 0 Å². The Bertz CT molecular complexity index is 666.